The van der Waals surface area contributed by atoms with Crippen LogP contribution in [0.1, 0.15) is 10.4 Å². The van der Waals surface area contributed by atoms with Crippen molar-refractivity contribution in [2.24, 2.45) is 0 Å². The molecule has 0 aliphatic rings. The van der Waals surface area contributed by atoms with Gasteiger partial charge in [0.25, 0.3) is 5.91 Å². The number of para-hydroxylation sites is 1. The summed E-state index contributed by atoms with van der Waals surface area (Å²) in [6, 6.07) is 27.0. The molecule has 0 atom stereocenters. The lowest BCUT2D eigenvalue weighted by atomic mass is 10.1. The molecule has 0 aliphatic carbocycles. The molecule has 37 heavy (non-hydrogen) atoms. The van der Waals surface area contributed by atoms with Crippen LogP contribution in [0.2, 0.25) is 0 Å². The van der Waals surface area contributed by atoms with Gasteiger partial charge in [-0.05, 0) is 78.9 Å². The summed E-state index contributed by atoms with van der Waals surface area (Å²) in [5.41, 5.74) is 9.79. The van der Waals surface area contributed by atoms with Crippen molar-refractivity contribution >= 4 is 50.6 Å². The molecule has 5 N–H and O–H groups in total. The van der Waals surface area contributed by atoms with Crippen LogP contribution in [-0.4, -0.2) is 24.0 Å². The zero-order valence-electron chi connectivity index (χ0n) is 19.8. The lowest BCUT2D eigenvalue weighted by Crippen LogP contribution is -2.19. The van der Waals surface area contributed by atoms with Crippen LogP contribution in [0.5, 0.6) is 11.5 Å². The Labute approximate surface area is 217 Å². The third kappa shape index (κ3) is 5.52. The van der Waals surface area contributed by atoms with Gasteiger partial charge in [-0.1, -0.05) is 12.1 Å². The summed E-state index contributed by atoms with van der Waals surface area (Å²) >= 11 is 1.63. The number of amides is 3. The maximum atomic E-state index is 12.5. The molecule has 5 rings (SSSR count). The molecule has 0 saturated carbocycles. The number of aromatic nitrogens is 1. The molecule has 0 fully saturated rings. The highest BCUT2D eigenvalue weighted by molar-refractivity contribution is 7.21. The van der Waals surface area contributed by atoms with Crippen LogP contribution in [0.4, 0.5) is 21.9 Å². The minimum absolute atomic E-state index is 0.292. The van der Waals surface area contributed by atoms with Crippen LogP contribution < -0.4 is 26.4 Å². The number of hydrogen-bond donors (Lipinski definition) is 4. The Hall–Kier alpha value is -4.89. The summed E-state index contributed by atoms with van der Waals surface area (Å²) in [4.78, 5) is 29.1. The van der Waals surface area contributed by atoms with Crippen molar-refractivity contribution < 1.29 is 14.3 Å². The highest BCUT2D eigenvalue weighted by Gasteiger charge is 2.11. The molecule has 0 unspecified atom stereocenters. The fourth-order valence-electron chi connectivity index (χ4n) is 3.66. The quantitative estimate of drug-likeness (QED) is 0.199. The molecule has 0 radical (unpaired) electrons. The van der Waals surface area contributed by atoms with Gasteiger partial charge in [-0.15, -0.1) is 11.3 Å². The summed E-state index contributed by atoms with van der Waals surface area (Å²) in [6.45, 7) is 0. The fraction of sp³-hybridized carbons (Fsp3) is 0.0357. The highest BCUT2D eigenvalue weighted by Crippen LogP contribution is 2.31. The van der Waals surface area contributed by atoms with Crippen molar-refractivity contribution in [3.8, 4) is 22.1 Å². The van der Waals surface area contributed by atoms with Gasteiger partial charge in [-0.3, -0.25) is 4.79 Å². The predicted molar refractivity (Wildman–Crippen MR) is 148 cm³/mol. The Bertz CT molecular complexity index is 1550. The number of rotatable bonds is 6. The number of ether oxygens (including phenoxy) is 1. The van der Waals surface area contributed by atoms with Crippen LogP contribution in [0.25, 0.3) is 20.8 Å². The van der Waals surface area contributed by atoms with E-state index >= 15 is 0 Å². The van der Waals surface area contributed by atoms with Crippen molar-refractivity contribution in [2.45, 2.75) is 0 Å². The fourth-order valence-corrected chi connectivity index (χ4v) is 4.63. The normalized spacial score (nSPS) is 10.6. The number of anilines is 3. The van der Waals surface area contributed by atoms with Crippen molar-refractivity contribution in [3.63, 3.8) is 0 Å². The van der Waals surface area contributed by atoms with Crippen molar-refractivity contribution in [1.82, 2.24) is 10.3 Å². The number of nitrogens with one attached hydrogen (secondary N) is 3. The smallest absolute Gasteiger partial charge is 0.323 e. The van der Waals surface area contributed by atoms with E-state index in [9.17, 15) is 9.59 Å². The van der Waals surface area contributed by atoms with Crippen LogP contribution in [-0.2, 0) is 0 Å². The summed E-state index contributed by atoms with van der Waals surface area (Å²) in [5.74, 6) is 0.726. The first-order chi connectivity index (χ1) is 18.0. The molecule has 1 heterocycles. The van der Waals surface area contributed by atoms with E-state index < -0.39 is 0 Å². The molecule has 184 valence electrons. The minimum atomic E-state index is -0.366. The number of carbonyl (C=O) groups excluding carboxylic acids is 2. The van der Waals surface area contributed by atoms with E-state index in [4.69, 9.17) is 10.5 Å². The molecule has 3 amide bonds. The van der Waals surface area contributed by atoms with Crippen molar-refractivity contribution in [3.05, 3.63) is 96.6 Å². The second kappa shape index (κ2) is 10.4. The van der Waals surface area contributed by atoms with Gasteiger partial charge >= 0.3 is 6.03 Å². The lowest BCUT2D eigenvalue weighted by Gasteiger charge is -2.11. The SMILES string of the molecule is CNC(=O)c1cc(Oc2ccc(NC(=O)Nc3ccc(-c4nc5ccccc5s4)cc3)cc2)ccc1N. The second-order valence-electron chi connectivity index (χ2n) is 8.10. The number of nitrogens with zero attached hydrogens (tertiary/aromatic N) is 1. The average Bonchev–Trinajstić information content (AvgIpc) is 3.35. The van der Waals surface area contributed by atoms with Gasteiger partial charge in [0.2, 0.25) is 0 Å². The van der Waals surface area contributed by atoms with Crippen molar-refractivity contribution in [2.75, 3.05) is 23.4 Å². The second-order valence-corrected chi connectivity index (χ2v) is 9.13. The molecule has 8 nitrogen and oxygen atoms in total. The Kier molecular flexibility index (Phi) is 6.69. The van der Waals surface area contributed by atoms with E-state index in [1.165, 1.54) is 7.05 Å². The Morgan fingerprint density at radius 1 is 0.838 bits per heavy atom. The summed E-state index contributed by atoms with van der Waals surface area (Å²) in [6.07, 6.45) is 0. The predicted octanol–water partition coefficient (Wildman–Crippen LogP) is 6.34. The zero-order chi connectivity index (χ0) is 25.8. The number of hydrogen-bond acceptors (Lipinski definition) is 6. The van der Waals surface area contributed by atoms with E-state index in [2.05, 4.69) is 27.0 Å². The molecule has 5 aromatic rings. The third-order valence-corrected chi connectivity index (χ3v) is 6.61. The Balaban J connectivity index is 1.18. The van der Waals surface area contributed by atoms with E-state index in [0.29, 0.717) is 34.1 Å². The molecular weight excluding hydrogens is 486 g/mol. The van der Waals surface area contributed by atoms with Gasteiger partial charge in [-0.25, -0.2) is 9.78 Å². The third-order valence-electron chi connectivity index (χ3n) is 5.53. The highest BCUT2D eigenvalue weighted by atomic mass is 32.1. The topological polar surface area (TPSA) is 118 Å². The number of carbonyl (C=O) groups is 2. The molecule has 0 aliphatic heterocycles. The average molecular weight is 510 g/mol. The van der Waals surface area contributed by atoms with E-state index in [1.807, 2.05) is 42.5 Å². The first-order valence-electron chi connectivity index (χ1n) is 11.4. The van der Waals surface area contributed by atoms with Gasteiger partial charge in [-0.2, -0.15) is 0 Å². The van der Waals surface area contributed by atoms with E-state index in [0.717, 1.165) is 20.8 Å². The summed E-state index contributed by atoms with van der Waals surface area (Å²) < 4.78 is 6.96. The molecule has 9 heteroatoms. The Morgan fingerprint density at radius 3 is 2.16 bits per heavy atom. The minimum Gasteiger partial charge on any atom is -0.457 e. The number of nitrogen functional groups attached to an aromatic ring is 1. The summed E-state index contributed by atoms with van der Waals surface area (Å²) in [7, 11) is 1.54. The van der Waals surface area contributed by atoms with Crippen LogP contribution in [0, 0.1) is 0 Å². The number of fused-ring (bicyclic) bond motifs is 1. The first-order valence-corrected chi connectivity index (χ1v) is 12.2. The maximum absolute atomic E-state index is 12.5. The van der Waals surface area contributed by atoms with Crippen LogP contribution >= 0.6 is 11.3 Å². The molecular formula is C28H23N5O3S. The number of nitrogens with two attached hydrogens (primary N) is 1. The van der Waals surface area contributed by atoms with Gasteiger partial charge < -0.3 is 26.4 Å². The largest absolute Gasteiger partial charge is 0.457 e. The summed E-state index contributed by atoms with van der Waals surface area (Å²) in [5, 5.41) is 9.11. The number of urea groups is 1. The monoisotopic (exact) mass is 509 g/mol. The molecule has 0 saturated heterocycles. The molecule has 1 aromatic heterocycles. The van der Waals surface area contributed by atoms with Gasteiger partial charge in [0, 0.05) is 29.7 Å². The molecule has 4 aromatic carbocycles. The molecule has 0 spiro atoms. The van der Waals surface area contributed by atoms with E-state index in [-0.39, 0.29) is 11.9 Å². The standard InChI is InChI=1S/C28H23N5O3S/c1-30-26(34)22-16-21(14-15-23(22)29)36-20-12-10-19(11-13-20)32-28(35)31-18-8-6-17(7-9-18)27-33-24-4-2-3-5-25(24)37-27/h2-16H,29H2,1H3,(H,30,34)(H2,31,32,35). The molecule has 0 bridgehead atoms. The van der Waals surface area contributed by atoms with Crippen LogP contribution in [0.3, 0.4) is 0 Å². The van der Waals surface area contributed by atoms with Crippen molar-refractivity contribution in [1.29, 1.82) is 0 Å². The van der Waals surface area contributed by atoms with E-state index in [1.54, 1.807) is 53.8 Å². The van der Waals surface area contributed by atoms with Gasteiger partial charge in [0.05, 0.1) is 15.8 Å². The van der Waals surface area contributed by atoms with Gasteiger partial charge in [0.1, 0.15) is 16.5 Å². The number of benzene rings is 4. The number of thiazole rings is 1. The van der Waals surface area contributed by atoms with Crippen LogP contribution in [0.15, 0.2) is 91.0 Å². The zero-order valence-corrected chi connectivity index (χ0v) is 20.6. The Morgan fingerprint density at radius 2 is 1.49 bits per heavy atom. The maximum Gasteiger partial charge on any atom is 0.323 e. The van der Waals surface area contributed by atoms with Gasteiger partial charge in [0.15, 0.2) is 0 Å². The lowest BCUT2D eigenvalue weighted by molar-refractivity contribution is 0.0963. The first kappa shape index (κ1) is 23.8.